The second-order valence-corrected chi connectivity index (χ2v) is 6.75. The van der Waals surface area contributed by atoms with Gasteiger partial charge in [0.05, 0.1) is 6.10 Å². The Morgan fingerprint density at radius 2 is 1.85 bits per heavy atom. The van der Waals surface area contributed by atoms with Crippen LogP contribution in [-0.4, -0.2) is 22.9 Å². The van der Waals surface area contributed by atoms with Crippen molar-refractivity contribution >= 4 is 0 Å². The summed E-state index contributed by atoms with van der Waals surface area (Å²) in [4.78, 5) is 0. The van der Waals surface area contributed by atoms with Gasteiger partial charge in [-0.15, -0.1) is 6.58 Å². The Bertz CT molecular complexity index is 264. The van der Waals surface area contributed by atoms with Crippen molar-refractivity contribution in [1.29, 1.82) is 0 Å². The average molecular weight is 282 g/mol. The van der Waals surface area contributed by atoms with Crippen molar-refractivity contribution in [3.63, 3.8) is 0 Å². The standard InChI is InChI=1S/C18H34O2/c1-4-6-8-9-15-11-16(10-7-5-2)14(3)18(20)17(12-15)13-19/h5,14-20H,2,4,6-13H2,1,3H3. The molecule has 0 aliphatic heterocycles. The number of aliphatic hydroxyl groups is 2. The predicted octanol–water partition coefficient (Wildman–Crippen LogP) is 4.16. The first-order valence-corrected chi connectivity index (χ1v) is 8.53. The summed E-state index contributed by atoms with van der Waals surface area (Å²) < 4.78 is 0. The van der Waals surface area contributed by atoms with Gasteiger partial charge in [-0.3, -0.25) is 0 Å². The molecule has 2 nitrogen and oxygen atoms in total. The molecule has 2 N–H and O–H groups in total. The molecule has 5 unspecified atom stereocenters. The van der Waals surface area contributed by atoms with Crippen molar-refractivity contribution in [2.75, 3.05) is 6.61 Å². The Morgan fingerprint density at radius 3 is 2.45 bits per heavy atom. The topological polar surface area (TPSA) is 40.5 Å². The summed E-state index contributed by atoms with van der Waals surface area (Å²) in [5.74, 6) is 1.62. The highest BCUT2D eigenvalue weighted by Crippen LogP contribution is 2.39. The van der Waals surface area contributed by atoms with Crippen LogP contribution in [0.1, 0.15) is 65.2 Å². The smallest absolute Gasteiger partial charge is 0.0618 e. The van der Waals surface area contributed by atoms with Crippen LogP contribution in [0.2, 0.25) is 0 Å². The fraction of sp³-hybridized carbons (Fsp3) is 0.889. The Labute approximate surface area is 125 Å². The first-order valence-electron chi connectivity index (χ1n) is 8.53. The Balaban J connectivity index is 2.67. The van der Waals surface area contributed by atoms with Gasteiger partial charge in [0, 0.05) is 12.5 Å². The van der Waals surface area contributed by atoms with Crippen molar-refractivity contribution in [3.05, 3.63) is 12.7 Å². The largest absolute Gasteiger partial charge is 0.396 e. The zero-order valence-corrected chi connectivity index (χ0v) is 13.4. The van der Waals surface area contributed by atoms with E-state index in [1.54, 1.807) is 0 Å². The van der Waals surface area contributed by atoms with Gasteiger partial charge in [-0.1, -0.05) is 45.6 Å². The molecule has 1 aliphatic carbocycles. The van der Waals surface area contributed by atoms with Crippen LogP contribution in [0.5, 0.6) is 0 Å². The summed E-state index contributed by atoms with van der Waals surface area (Å²) in [5, 5.41) is 20.1. The van der Waals surface area contributed by atoms with E-state index in [-0.39, 0.29) is 18.6 Å². The number of hydrogen-bond donors (Lipinski definition) is 2. The van der Waals surface area contributed by atoms with Crippen molar-refractivity contribution in [2.24, 2.45) is 23.7 Å². The minimum absolute atomic E-state index is 0.0744. The van der Waals surface area contributed by atoms with Crippen LogP contribution in [0.3, 0.4) is 0 Å². The Kier molecular flexibility index (Phi) is 8.47. The average Bonchev–Trinajstić information content (AvgIpc) is 2.57. The number of allylic oxidation sites excluding steroid dienone is 1. The van der Waals surface area contributed by atoms with Crippen LogP contribution in [0.25, 0.3) is 0 Å². The molecule has 0 amide bonds. The third-order valence-electron chi connectivity index (χ3n) is 5.23. The van der Waals surface area contributed by atoms with Crippen LogP contribution in [0.15, 0.2) is 12.7 Å². The molecular weight excluding hydrogens is 248 g/mol. The van der Waals surface area contributed by atoms with E-state index in [1.165, 1.54) is 32.1 Å². The molecule has 0 aromatic heterocycles. The number of aliphatic hydroxyl groups excluding tert-OH is 2. The van der Waals surface area contributed by atoms with E-state index in [0.717, 1.165) is 19.3 Å². The van der Waals surface area contributed by atoms with Gasteiger partial charge in [0.15, 0.2) is 0 Å². The van der Waals surface area contributed by atoms with E-state index in [1.807, 2.05) is 6.08 Å². The molecule has 0 aromatic carbocycles. The first kappa shape index (κ1) is 17.7. The summed E-state index contributed by atoms with van der Waals surface area (Å²) in [7, 11) is 0. The molecule has 1 fully saturated rings. The maximum atomic E-state index is 10.5. The number of hydrogen-bond acceptors (Lipinski definition) is 2. The molecule has 2 heteroatoms. The van der Waals surface area contributed by atoms with Gasteiger partial charge in [0.2, 0.25) is 0 Å². The summed E-state index contributed by atoms with van der Waals surface area (Å²) in [6.45, 7) is 8.35. The molecular formula is C18H34O2. The monoisotopic (exact) mass is 282 g/mol. The van der Waals surface area contributed by atoms with Crippen molar-refractivity contribution in [3.8, 4) is 0 Å². The lowest BCUT2D eigenvalue weighted by atomic mass is 9.81. The maximum absolute atomic E-state index is 10.5. The molecule has 0 saturated heterocycles. The Morgan fingerprint density at radius 1 is 1.15 bits per heavy atom. The molecule has 0 heterocycles. The summed E-state index contributed by atoms with van der Waals surface area (Å²) in [6.07, 6.45) is 11.1. The van der Waals surface area contributed by atoms with E-state index < -0.39 is 0 Å². The molecule has 1 saturated carbocycles. The normalized spacial score (nSPS) is 34.7. The van der Waals surface area contributed by atoms with Crippen LogP contribution in [-0.2, 0) is 0 Å². The van der Waals surface area contributed by atoms with Gasteiger partial charge in [0.1, 0.15) is 0 Å². The third kappa shape index (κ3) is 5.21. The highest BCUT2D eigenvalue weighted by Gasteiger charge is 2.36. The minimum Gasteiger partial charge on any atom is -0.396 e. The van der Waals surface area contributed by atoms with Crippen molar-refractivity contribution in [2.45, 2.75) is 71.3 Å². The van der Waals surface area contributed by atoms with E-state index in [4.69, 9.17) is 0 Å². The fourth-order valence-corrected chi connectivity index (χ4v) is 3.83. The highest BCUT2D eigenvalue weighted by atomic mass is 16.3. The van der Waals surface area contributed by atoms with Crippen LogP contribution in [0.4, 0.5) is 0 Å². The Hall–Kier alpha value is -0.340. The van der Waals surface area contributed by atoms with E-state index in [0.29, 0.717) is 17.8 Å². The SMILES string of the molecule is C=CCCC1CC(CCCCC)CC(CO)C(O)C1C. The molecule has 0 aromatic rings. The number of rotatable bonds is 8. The van der Waals surface area contributed by atoms with E-state index >= 15 is 0 Å². The molecule has 5 atom stereocenters. The van der Waals surface area contributed by atoms with Crippen LogP contribution in [0, 0.1) is 23.7 Å². The van der Waals surface area contributed by atoms with Gasteiger partial charge in [0.25, 0.3) is 0 Å². The molecule has 20 heavy (non-hydrogen) atoms. The highest BCUT2D eigenvalue weighted by molar-refractivity contribution is 4.87. The first-order chi connectivity index (χ1) is 9.63. The second-order valence-electron chi connectivity index (χ2n) is 6.75. The molecule has 0 radical (unpaired) electrons. The van der Waals surface area contributed by atoms with Crippen molar-refractivity contribution < 1.29 is 10.2 Å². The van der Waals surface area contributed by atoms with Gasteiger partial charge < -0.3 is 10.2 Å². The third-order valence-corrected chi connectivity index (χ3v) is 5.23. The molecule has 0 bridgehead atoms. The fourth-order valence-electron chi connectivity index (χ4n) is 3.83. The van der Waals surface area contributed by atoms with E-state index in [9.17, 15) is 10.2 Å². The zero-order valence-electron chi connectivity index (χ0n) is 13.4. The van der Waals surface area contributed by atoms with Gasteiger partial charge >= 0.3 is 0 Å². The maximum Gasteiger partial charge on any atom is 0.0618 e. The summed E-state index contributed by atoms with van der Waals surface area (Å²) in [6, 6.07) is 0. The predicted molar refractivity (Wildman–Crippen MR) is 85.5 cm³/mol. The molecule has 0 spiro atoms. The lowest BCUT2D eigenvalue weighted by Gasteiger charge is -2.28. The van der Waals surface area contributed by atoms with Crippen molar-refractivity contribution in [1.82, 2.24) is 0 Å². The zero-order chi connectivity index (χ0) is 15.0. The van der Waals surface area contributed by atoms with Gasteiger partial charge in [-0.05, 0) is 43.4 Å². The molecule has 118 valence electrons. The minimum atomic E-state index is -0.342. The number of unbranched alkanes of at least 4 members (excludes halogenated alkanes) is 2. The lowest BCUT2D eigenvalue weighted by Crippen LogP contribution is -2.31. The second kappa shape index (κ2) is 9.57. The van der Waals surface area contributed by atoms with E-state index in [2.05, 4.69) is 20.4 Å². The molecule has 1 rings (SSSR count). The van der Waals surface area contributed by atoms with Gasteiger partial charge in [-0.2, -0.15) is 0 Å². The van der Waals surface area contributed by atoms with Crippen LogP contribution >= 0.6 is 0 Å². The lowest BCUT2D eigenvalue weighted by molar-refractivity contribution is 0.0142. The van der Waals surface area contributed by atoms with Gasteiger partial charge in [-0.25, -0.2) is 0 Å². The quantitative estimate of drug-likeness (QED) is 0.398. The summed E-state index contributed by atoms with van der Waals surface area (Å²) in [5.41, 5.74) is 0. The molecule has 1 aliphatic rings. The van der Waals surface area contributed by atoms with Crippen LogP contribution < -0.4 is 0 Å². The summed E-state index contributed by atoms with van der Waals surface area (Å²) >= 11 is 0.